The van der Waals surface area contributed by atoms with Gasteiger partial charge in [-0.2, -0.15) is 0 Å². The van der Waals surface area contributed by atoms with Crippen LogP contribution < -0.4 is 0 Å². The molecule has 2 atom stereocenters. The van der Waals surface area contributed by atoms with Crippen LogP contribution >= 0.6 is 0 Å². The molecule has 0 bridgehead atoms. The molecule has 0 N–H and O–H groups in total. The highest BCUT2D eigenvalue weighted by atomic mass is 19.2. The van der Waals surface area contributed by atoms with Gasteiger partial charge in [-0.3, -0.25) is 0 Å². The standard InChI is InChI=1S/C17H22F2O/c18-15-8-4-7-14(17(15)19)13-9-10-16(20-11-13)12-5-2-1-3-6-12/h4,7-8,12-13,16H,1-3,5-6,9-11H2. The minimum atomic E-state index is -0.753. The van der Waals surface area contributed by atoms with Gasteiger partial charge in [0.15, 0.2) is 11.6 Å². The Morgan fingerprint density at radius 1 is 0.950 bits per heavy atom. The van der Waals surface area contributed by atoms with Gasteiger partial charge in [0.25, 0.3) is 0 Å². The summed E-state index contributed by atoms with van der Waals surface area (Å²) in [6.07, 6.45) is 8.72. The number of halogens is 2. The van der Waals surface area contributed by atoms with Crippen molar-refractivity contribution in [2.75, 3.05) is 6.61 Å². The van der Waals surface area contributed by atoms with Gasteiger partial charge >= 0.3 is 0 Å². The van der Waals surface area contributed by atoms with Crippen molar-refractivity contribution >= 4 is 0 Å². The average molecular weight is 280 g/mol. The Bertz CT molecular complexity index is 446. The molecule has 0 spiro atoms. The lowest BCUT2D eigenvalue weighted by Gasteiger charge is -2.36. The minimum absolute atomic E-state index is 0.00513. The summed E-state index contributed by atoms with van der Waals surface area (Å²) in [6, 6.07) is 4.45. The van der Waals surface area contributed by atoms with Gasteiger partial charge in [-0.15, -0.1) is 0 Å². The van der Waals surface area contributed by atoms with E-state index in [0.717, 1.165) is 12.8 Å². The lowest BCUT2D eigenvalue weighted by atomic mass is 9.80. The molecular weight excluding hydrogens is 258 g/mol. The summed E-state index contributed by atoms with van der Waals surface area (Å²) in [7, 11) is 0. The molecule has 2 aliphatic rings. The number of hydrogen-bond acceptors (Lipinski definition) is 1. The Morgan fingerprint density at radius 3 is 2.45 bits per heavy atom. The van der Waals surface area contributed by atoms with Crippen LogP contribution in [0.2, 0.25) is 0 Å². The first-order chi connectivity index (χ1) is 9.75. The van der Waals surface area contributed by atoms with Crippen LogP contribution in [0.1, 0.15) is 56.4 Å². The molecular formula is C17H22F2O. The summed E-state index contributed by atoms with van der Waals surface area (Å²) in [5.41, 5.74) is 0.479. The van der Waals surface area contributed by atoms with Crippen LogP contribution in [0.15, 0.2) is 18.2 Å². The SMILES string of the molecule is Fc1cccc(C2CCC(C3CCCCC3)OC2)c1F. The van der Waals surface area contributed by atoms with E-state index in [4.69, 9.17) is 4.74 Å². The van der Waals surface area contributed by atoms with E-state index in [9.17, 15) is 8.78 Å². The maximum atomic E-state index is 13.8. The molecule has 2 fully saturated rings. The Kier molecular flexibility index (Phi) is 4.35. The van der Waals surface area contributed by atoms with Crippen LogP contribution in [0.4, 0.5) is 8.78 Å². The highest BCUT2D eigenvalue weighted by molar-refractivity contribution is 5.23. The second-order valence-corrected chi connectivity index (χ2v) is 6.19. The molecule has 1 saturated heterocycles. The van der Waals surface area contributed by atoms with Crippen LogP contribution in [0, 0.1) is 17.6 Å². The van der Waals surface area contributed by atoms with Crippen molar-refractivity contribution in [3.63, 3.8) is 0 Å². The lowest BCUT2D eigenvalue weighted by molar-refractivity contribution is -0.0403. The van der Waals surface area contributed by atoms with E-state index in [2.05, 4.69) is 0 Å². The first-order valence-electron chi connectivity index (χ1n) is 7.81. The molecule has 1 aromatic carbocycles. The Labute approximate surface area is 119 Å². The van der Waals surface area contributed by atoms with Crippen molar-refractivity contribution in [1.29, 1.82) is 0 Å². The van der Waals surface area contributed by atoms with Gasteiger partial charge < -0.3 is 4.74 Å². The number of rotatable bonds is 2. The zero-order chi connectivity index (χ0) is 13.9. The Hall–Kier alpha value is -0.960. The molecule has 1 aliphatic carbocycles. The van der Waals surface area contributed by atoms with E-state index in [1.165, 1.54) is 38.2 Å². The minimum Gasteiger partial charge on any atom is -0.377 e. The largest absolute Gasteiger partial charge is 0.377 e. The first kappa shape index (κ1) is 14.0. The highest BCUT2D eigenvalue weighted by Gasteiger charge is 2.31. The third kappa shape index (κ3) is 2.88. The molecule has 1 aromatic rings. The fourth-order valence-corrected chi connectivity index (χ4v) is 3.73. The number of benzene rings is 1. The van der Waals surface area contributed by atoms with Crippen molar-refractivity contribution in [3.8, 4) is 0 Å². The molecule has 1 nitrogen and oxygen atoms in total. The monoisotopic (exact) mass is 280 g/mol. The van der Waals surface area contributed by atoms with E-state index in [0.29, 0.717) is 24.2 Å². The summed E-state index contributed by atoms with van der Waals surface area (Å²) < 4.78 is 33.1. The highest BCUT2D eigenvalue weighted by Crippen LogP contribution is 2.37. The molecule has 2 unspecified atom stereocenters. The Morgan fingerprint density at radius 2 is 1.75 bits per heavy atom. The molecule has 3 rings (SSSR count). The summed E-state index contributed by atoms with van der Waals surface area (Å²) in [6.45, 7) is 0.529. The first-order valence-corrected chi connectivity index (χ1v) is 7.81. The normalized spacial score (nSPS) is 28.5. The fraction of sp³-hybridized carbons (Fsp3) is 0.647. The van der Waals surface area contributed by atoms with Crippen LogP contribution in [-0.4, -0.2) is 12.7 Å². The molecule has 0 amide bonds. The molecule has 3 heteroatoms. The van der Waals surface area contributed by atoms with Gasteiger partial charge in [-0.1, -0.05) is 31.4 Å². The topological polar surface area (TPSA) is 9.23 Å². The lowest BCUT2D eigenvalue weighted by Crippen LogP contribution is -2.32. The second-order valence-electron chi connectivity index (χ2n) is 6.19. The summed E-state index contributed by atoms with van der Waals surface area (Å²) in [5.74, 6) is -0.762. The number of hydrogen-bond donors (Lipinski definition) is 0. The molecule has 0 aromatic heterocycles. The van der Waals surface area contributed by atoms with E-state index in [-0.39, 0.29) is 5.92 Å². The van der Waals surface area contributed by atoms with Gasteiger partial charge in [0.1, 0.15) is 0 Å². The molecule has 20 heavy (non-hydrogen) atoms. The zero-order valence-corrected chi connectivity index (χ0v) is 11.8. The van der Waals surface area contributed by atoms with Gasteiger partial charge in [0.05, 0.1) is 12.7 Å². The smallest absolute Gasteiger partial charge is 0.162 e. The predicted molar refractivity (Wildman–Crippen MR) is 74.6 cm³/mol. The predicted octanol–water partition coefficient (Wildman–Crippen LogP) is 4.81. The quantitative estimate of drug-likeness (QED) is 0.755. The molecule has 1 heterocycles. The van der Waals surface area contributed by atoms with Crippen molar-refractivity contribution < 1.29 is 13.5 Å². The maximum Gasteiger partial charge on any atom is 0.162 e. The third-order valence-corrected chi connectivity index (χ3v) is 4.91. The third-order valence-electron chi connectivity index (χ3n) is 4.91. The van der Waals surface area contributed by atoms with Crippen LogP contribution in [0.25, 0.3) is 0 Å². The Balaban J connectivity index is 1.62. The second kappa shape index (κ2) is 6.21. The van der Waals surface area contributed by atoms with Crippen LogP contribution in [0.3, 0.4) is 0 Å². The van der Waals surface area contributed by atoms with Gasteiger partial charge in [0.2, 0.25) is 0 Å². The maximum absolute atomic E-state index is 13.8. The van der Waals surface area contributed by atoms with Gasteiger partial charge in [-0.05, 0) is 43.2 Å². The van der Waals surface area contributed by atoms with E-state index >= 15 is 0 Å². The van der Waals surface area contributed by atoms with Crippen molar-refractivity contribution in [3.05, 3.63) is 35.4 Å². The van der Waals surface area contributed by atoms with Crippen molar-refractivity contribution in [2.45, 2.75) is 57.0 Å². The van der Waals surface area contributed by atoms with E-state index < -0.39 is 11.6 Å². The van der Waals surface area contributed by atoms with E-state index in [1.54, 1.807) is 12.1 Å². The van der Waals surface area contributed by atoms with E-state index in [1.807, 2.05) is 0 Å². The number of ether oxygens (including phenoxy) is 1. The zero-order valence-electron chi connectivity index (χ0n) is 11.8. The average Bonchev–Trinajstić information content (AvgIpc) is 2.51. The molecule has 110 valence electrons. The summed E-state index contributed by atoms with van der Waals surface area (Å²) in [5, 5.41) is 0. The molecule has 1 aliphatic heterocycles. The van der Waals surface area contributed by atoms with Crippen molar-refractivity contribution in [1.82, 2.24) is 0 Å². The fourth-order valence-electron chi connectivity index (χ4n) is 3.73. The van der Waals surface area contributed by atoms with Gasteiger partial charge in [0, 0.05) is 5.92 Å². The van der Waals surface area contributed by atoms with Crippen molar-refractivity contribution in [2.24, 2.45) is 5.92 Å². The molecule has 0 radical (unpaired) electrons. The van der Waals surface area contributed by atoms with Gasteiger partial charge in [-0.25, -0.2) is 8.78 Å². The molecule has 1 saturated carbocycles. The van der Waals surface area contributed by atoms with Crippen LogP contribution in [-0.2, 0) is 4.74 Å². The summed E-state index contributed by atoms with van der Waals surface area (Å²) in [4.78, 5) is 0. The summed E-state index contributed by atoms with van der Waals surface area (Å²) >= 11 is 0. The van der Waals surface area contributed by atoms with Crippen LogP contribution in [0.5, 0.6) is 0 Å².